The second-order valence-corrected chi connectivity index (χ2v) is 6.17. The Morgan fingerprint density at radius 1 is 1.19 bits per heavy atom. The van der Waals surface area contributed by atoms with Gasteiger partial charge in [0.25, 0.3) is 0 Å². The first kappa shape index (κ1) is 17.7. The van der Waals surface area contributed by atoms with Crippen LogP contribution in [0.4, 0.5) is 5.69 Å². The molecule has 2 N–H and O–H groups in total. The lowest BCUT2D eigenvalue weighted by Gasteiger charge is -2.10. The first-order valence-corrected chi connectivity index (χ1v) is 8.12. The van der Waals surface area contributed by atoms with Gasteiger partial charge in [-0.3, -0.25) is 9.59 Å². The Morgan fingerprint density at radius 2 is 1.86 bits per heavy atom. The van der Waals surface area contributed by atoms with Gasteiger partial charge in [-0.1, -0.05) is 42.6 Å². The summed E-state index contributed by atoms with van der Waals surface area (Å²) >= 11 is 3.34. The summed E-state index contributed by atoms with van der Waals surface area (Å²) < 4.78 is 0.967. The normalized spacial score (nSPS) is 11.8. The number of rotatable bonds is 8. The van der Waals surface area contributed by atoms with Crippen molar-refractivity contribution >= 4 is 33.4 Å². The van der Waals surface area contributed by atoms with Gasteiger partial charge < -0.3 is 10.6 Å². The van der Waals surface area contributed by atoms with Gasteiger partial charge in [-0.15, -0.1) is 0 Å². The lowest BCUT2D eigenvalue weighted by Crippen LogP contribution is -2.28. The predicted octanol–water partition coefficient (Wildman–Crippen LogP) is 3.72. The fourth-order valence-electron chi connectivity index (χ4n) is 2.06. The van der Waals surface area contributed by atoms with Crippen LogP contribution in [0.3, 0.4) is 0 Å². The zero-order chi connectivity index (χ0) is 15.7. The Kier molecular flexibility index (Phi) is 8.05. The number of hydrogen-bond donors (Lipinski definition) is 2. The van der Waals surface area contributed by atoms with Crippen LogP contribution in [0, 0.1) is 5.92 Å². The number of halogens is 1. The van der Waals surface area contributed by atoms with Crippen molar-refractivity contribution in [1.82, 2.24) is 5.32 Å². The van der Waals surface area contributed by atoms with Crippen molar-refractivity contribution in [3.63, 3.8) is 0 Å². The Bertz CT molecular complexity index is 460. The average Bonchev–Trinajstić information content (AvgIpc) is 2.41. The standard InChI is InChI=1S/C16H23BrN2O2/c1-3-4-12(2)11-16(21)18-10-9-15(20)19-14-7-5-13(17)6-8-14/h5-8,12H,3-4,9-11H2,1-2H3,(H,18,21)(H,19,20). The summed E-state index contributed by atoms with van der Waals surface area (Å²) in [6.07, 6.45) is 2.95. The molecule has 1 aromatic rings. The van der Waals surface area contributed by atoms with Crippen molar-refractivity contribution in [3.05, 3.63) is 28.7 Å². The van der Waals surface area contributed by atoms with E-state index in [1.807, 2.05) is 24.3 Å². The lowest BCUT2D eigenvalue weighted by molar-refractivity contribution is -0.122. The molecular formula is C16H23BrN2O2. The molecule has 0 bridgehead atoms. The van der Waals surface area contributed by atoms with E-state index in [0.717, 1.165) is 23.0 Å². The fraction of sp³-hybridized carbons (Fsp3) is 0.500. The Hall–Kier alpha value is -1.36. The van der Waals surface area contributed by atoms with Crippen LogP contribution in [0.5, 0.6) is 0 Å². The third-order valence-electron chi connectivity index (χ3n) is 3.12. The molecule has 1 aromatic carbocycles. The summed E-state index contributed by atoms with van der Waals surface area (Å²) in [7, 11) is 0. The number of carbonyl (C=O) groups is 2. The molecule has 4 nitrogen and oxygen atoms in total. The van der Waals surface area contributed by atoms with Gasteiger partial charge in [0.1, 0.15) is 0 Å². The Labute approximate surface area is 134 Å². The quantitative estimate of drug-likeness (QED) is 0.747. The van der Waals surface area contributed by atoms with E-state index in [2.05, 4.69) is 40.4 Å². The van der Waals surface area contributed by atoms with E-state index in [0.29, 0.717) is 18.9 Å². The van der Waals surface area contributed by atoms with Crippen LogP contribution in [0.25, 0.3) is 0 Å². The van der Waals surface area contributed by atoms with Crippen LogP contribution in [-0.2, 0) is 9.59 Å². The van der Waals surface area contributed by atoms with Crippen molar-refractivity contribution in [2.75, 3.05) is 11.9 Å². The van der Waals surface area contributed by atoms with Gasteiger partial charge in [0.05, 0.1) is 0 Å². The molecule has 116 valence electrons. The van der Waals surface area contributed by atoms with Crippen molar-refractivity contribution in [2.24, 2.45) is 5.92 Å². The molecular weight excluding hydrogens is 332 g/mol. The minimum absolute atomic E-state index is 0.0207. The summed E-state index contributed by atoms with van der Waals surface area (Å²) in [5, 5.41) is 5.58. The predicted molar refractivity (Wildman–Crippen MR) is 89.1 cm³/mol. The van der Waals surface area contributed by atoms with Crippen LogP contribution >= 0.6 is 15.9 Å². The zero-order valence-corrected chi connectivity index (χ0v) is 14.2. The van der Waals surface area contributed by atoms with Crippen molar-refractivity contribution in [2.45, 2.75) is 39.5 Å². The highest BCUT2D eigenvalue weighted by atomic mass is 79.9. The molecule has 1 rings (SSSR count). The van der Waals surface area contributed by atoms with E-state index in [1.165, 1.54) is 0 Å². The maximum Gasteiger partial charge on any atom is 0.226 e. The van der Waals surface area contributed by atoms with Gasteiger partial charge >= 0.3 is 0 Å². The number of anilines is 1. The molecule has 0 aliphatic carbocycles. The molecule has 0 saturated heterocycles. The van der Waals surface area contributed by atoms with E-state index < -0.39 is 0 Å². The first-order valence-electron chi connectivity index (χ1n) is 7.33. The van der Waals surface area contributed by atoms with Gasteiger partial charge in [-0.2, -0.15) is 0 Å². The Morgan fingerprint density at radius 3 is 2.48 bits per heavy atom. The molecule has 0 aliphatic rings. The lowest BCUT2D eigenvalue weighted by atomic mass is 10.0. The topological polar surface area (TPSA) is 58.2 Å². The molecule has 21 heavy (non-hydrogen) atoms. The average molecular weight is 355 g/mol. The summed E-state index contributed by atoms with van der Waals surface area (Å²) in [5.41, 5.74) is 0.756. The second kappa shape index (κ2) is 9.55. The van der Waals surface area contributed by atoms with Crippen LogP contribution in [0.15, 0.2) is 28.7 Å². The van der Waals surface area contributed by atoms with Crippen LogP contribution in [-0.4, -0.2) is 18.4 Å². The van der Waals surface area contributed by atoms with Gasteiger partial charge in [0, 0.05) is 29.5 Å². The zero-order valence-electron chi connectivity index (χ0n) is 12.6. The van der Waals surface area contributed by atoms with Crippen molar-refractivity contribution < 1.29 is 9.59 Å². The first-order chi connectivity index (χ1) is 10.0. The summed E-state index contributed by atoms with van der Waals surface area (Å²) in [4.78, 5) is 23.4. The number of carbonyl (C=O) groups excluding carboxylic acids is 2. The smallest absolute Gasteiger partial charge is 0.226 e. The van der Waals surface area contributed by atoms with Crippen LogP contribution in [0.1, 0.15) is 39.5 Å². The number of hydrogen-bond acceptors (Lipinski definition) is 2. The minimum Gasteiger partial charge on any atom is -0.356 e. The molecule has 1 atom stereocenters. The fourth-order valence-corrected chi connectivity index (χ4v) is 2.32. The van der Waals surface area contributed by atoms with Gasteiger partial charge in [0.15, 0.2) is 0 Å². The van der Waals surface area contributed by atoms with Gasteiger partial charge in [-0.05, 0) is 30.2 Å². The van der Waals surface area contributed by atoms with Gasteiger partial charge in [-0.25, -0.2) is 0 Å². The van der Waals surface area contributed by atoms with Crippen molar-refractivity contribution in [1.29, 1.82) is 0 Å². The van der Waals surface area contributed by atoms with E-state index in [9.17, 15) is 9.59 Å². The molecule has 0 saturated carbocycles. The summed E-state index contributed by atoms with van der Waals surface area (Å²) in [6, 6.07) is 7.39. The molecule has 0 heterocycles. The molecule has 1 unspecified atom stereocenters. The molecule has 0 aromatic heterocycles. The van der Waals surface area contributed by atoms with E-state index in [4.69, 9.17) is 0 Å². The third-order valence-corrected chi connectivity index (χ3v) is 3.65. The number of amides is 2. The molecule has 0 aliphatic heterocycles. The molecule has 2 amide bonds. The highest BCUT2D eigenvalue weighted by molar-refractivity contribution is 9.10. The Balaban J connectivity index is 2.21. The summed E-state index contributed by atoms with van der Waals surface area (Å²) in [6.45, 7) is 4.56. The SMILES string of the molecule is CCCC(C)CC(=O)NCCC(=O)Nc1ccc(Br)cc1. The molecule has 0 spiro atoms. The van der Waals surface area contributed by atoms with E-state index in [1.54, 1.807) is 0 Å². The molecule has 0 fully saturated rings. The summed E-state index contributed by atoms with van der Waals surface area (Å²) in [5.74, 6) is 0.318. The van der Waals surface area contributed by atoms with Crippen molar-refractivity contribution in [3.8, 4) is 0 Å². The molecule has 5 heteroatoms. The van der Waals surface area contributed by atoms with E-state index >= 15 is 0 Å². The largest absolute Gasteiger partial charge is 0.356 e. The maximum absolute atomic E-state index is 11.7. The van der Waals surface area contributed by atoms with Crippen LogP contribution < -0.4 is 10.6 Å². The second-order valence-electron chi connectivity index (χ2n) is 5.25. The number of nitrogens with one attached hydrogen (secondary N) is 2. The minimum atomic E-state index is -0.0979. The monoisotopic (exact) mass is 354 g/mol. The maximum atomic E-state index is 11.7. The third kappa shape index (κ3) is 7.85. The molecule has 0 radical (unpaired) electrons. The highest BCUT2D eigenvalue weighted by Gasteiger charge is 2.09. The highest BCUT2D eigenvalue weighted by Crippen LogP contribution is 2.14. The van der Waals surface area contributed by atoms with Crippen LogP contribution in [0.2, 0.25) is 0 Å². The number of benzene rings is 1. The van der Waals surface area contributed by atoms with Gasteiger partial charge in [0.2, 0.25) is 11.8 Å². The van der Waals surface area contributed by atoms with E-state index in [-0.39, 0.29) is 18.2 Å².